The maximum atomic E-state index is 7.37. The summed E-state index contributed by atoms with van der Waals surface area (Å²) in [6.45, 7) is 25.3. The quantitative estimate of drug-likeness (QED) is 0.0447. The van der Waals surface area contributed by atoms with Crippen LogP contribution in [0.1, 0.15) is 339 Å². The highest BCUT2D eigenvalue weighted by Crippen LogP contribution is 2.36. The summed E-state index contributed by atoms with van der Waals surface area (Å²) >= 11 is 0. The minimum absolute atomic E-state index is 0.195. The molecule has 2 unspecified atom stereocenters. The number of rotatable bonds is 57. The lowest BCUT2D eigenvalue weighted by Gasteiger charge is -2.40. The topological polar surface area (TPSA) is 55.4 Å². The van der Waals surface area contributed by atoms with E-state index >= 15 is 0 Å². The third-order valence-electron chi connectivity index (χ3n) is 14.7. The van der Waals surface area contributed by atoms with Crippen LogP contribution in [0, 0.1) is 0 Å². The van der Waals surface area contributed by atoms with Gasteiger partial charge in [-0.2, -0.15) is 0 Å². The predicted octanol–water partition coefficient (Wildman–Crippen LogP) is 21.0. The van der Waals surface area contributed by atoms with E-state index in [4.69, 9.17) is 26.6 Å². The van der Waals surface area contributed by atoms with Crippen molar-refractivity contribution in [1.29, 1.82) is 0 Å². The highest BCUT2D eigenvalue weighted by atomic mass is 28.4. The van der Waals surface area contributed by atoms with Crippen LogP contribution < -0.4 is 0 Å². The van der Waals surface area contributed by atoms with Gasteiger partial charge in [0.2, 0.25) is 0 Å². The summed E-state index contributed by atoms with van der Waals surface area (Å²) in [5.41, 5.74) is -0.389. The second kappa shape index (κ2) is 48.2. The highest BCUT2D eigenvalue weighted by molar-refractivity contribution is 6.61. The molecule has 0 saturated carbocycles. The Balaban J connectivity index is 5.64. The maximum absolute atomic E-state index is 7.37. The standard InChI is InChI=1S/C60H126O6Si2/c1-11-19-23-27-31-35-41-47-53-59(9,65-67(61-15-5,62-16-6)57-51-45-39-33-29-25-21-13-3)55-49-43-37-38-44-50-56-60(10,54-48-42-36-32-28-24-20-12-2)66-68(63-17-7,64-18-8)58-52-46-40-34-30-26-22-14-4/h11-58H2,1-10H3. The Kier molecular flexibility index (Phi) is 48.3. The highest BCUT2D eigenvalue weighted by Gasteiger charge is 2.47. The zero-order chi connectivity index (χ0) is 50.2. The first-order valence-electron chi connectivity index (χ1n) is 31.1. The molecule has 0 radical (unpaired) electrons. The van der Waals surface area contributed by atoms with Crippen LogP contribution in [0.4, 0.5) is 0 Å². The van der Waals surface area contributed by atoms with E-state index in [-0.39, 0.29) is 11.2 Å². The first-order chi connectivity index (χ1) is 33.1. The summed E-state index contributed by atoms with van der Waals surface area (Å²) in [4.78, 5) is 0. The molecule has 6 nitrogen and oxygen atoms in total. The molecule has 0 aliphatic carbocycles. The summed E-state index contributed by atoms with van der Waals surface area (Å²) in [7, 11) is -5.60. The van der Waals surface area contributed by atoms with Gasteiger partial charge in [0.15, 0.2) is 0 Å². The molecule has 0 aliphatic rings. The molecule has 0 fully saturated rings. The minimum Gasteiger partial charge on any atom is -0.374 e. The van der Waals surface area contributed by atoms with Crippen LogP contribution in [0.15, 0.2) is 0 Å². The van der Waals surface area contributed by atoms with Gasteiger partial charge in [-0.05, 0) is 80.1 Å². The molecule has 8 heteroatoms. The predicted molar refractivity (Wildman–Crippen MR) is 303 cm³/mol. The Morgan fingerprint density at radius 3 is 0.603 bits per heavy atom. The van der Waals surface area contributed by atoms with Gasteiger partial charge in [0.25, 0.3) is 0 Å². The van der Waals surface area contributed by atoms with Gasteiger partial charge in [-0.25, -0.2) is 0 Å². The summed E-state index contributed by atoms with van der Waals surface area (Å²) in [5, 5.41) is 0. The van der Waals surface area contributed by atoms with Crippen LogP contribution in [0.2, 0.25) is 12.1 Å². The molecule has 0 saturated heterocycles. The molecular weight excluding hydrogens is 873 g/mol. The van der Waals surface area contributed by atoms with Crippen molar-refractivity contribution in [3.63, 3.8) is 0 Å². The van der Waals surface area contributed by atoms with Gasteiger partial charge < -0.3 is 26.6 Å². The lowest BCUT2D eigenvalue weighted by atomic mass is 9.90. The summed E-state index contributed by atoms with van der Waals surface area (Å²) < 4.78 is 41.3. The first-order valence-corrected chi connectivity index (χ1v) is 34.9. The Morgan fingerprint density at radius 2 is 0.412 bits per heavy atom. The molecular formula is C60H126O6Si2. The largest absolute Gasteiger partial charge is 0.501 e. The average molecular weight is 1000 g/mol. The van der Waals surface area contributed by atoms with E-state index in [0.29, 0.717) is 26.4 Å². The van der Waals surface area contributed by atoms with E-state index in [1.54, 1.807) is 0 Å². The van der Waals surface area contributed by atoms with Gasteiger partial charge in [-0.15, -0.1) is 0 Å². The van der Waals surface area contributed by atoms with Crippen LogP contribution in [0.3, 0.4) is 0 Å². The fourth-order valence-electron chi connectivity index (χ4n) is 10.6. The Bertz CT molecular complexity index is 929. The number of unbranched alkanes of at least 4 members (excludes halogenated alkanes) is 33. The lowest BCUT2D eigenvalue weighted by molar-refractivity contribution is -0.0334. The fourth-order valence-corrected chi connectivity index (χ4v) is 16.8. The Labute approximate surface area is 430 Å². The van der Waals surface area contributed by atoms with Crippen molar-refractivity contribution in [3.05, 3.63) is 0 Å². The zero-order valence-electron chi connectivity index (χ0n) is 48.4. The van der Waals surface area contributed by atoms with Crippen molar-refractivity contribution in [3.8, 4) is 0 Å². The zero-order valence-corrected chi connectivity index (χ0v) is 50.4. The van der Waals surface area contributed by atoms with Gasteiger partial charge in [0, 0.05) is 38.5 Å². The van der Waals surface area contributed by atoms with Crippen molar-refractivity contribution in [2.24, 2.45) is 0 Å². The third-order valence-corrected chi connectivity index (χ3v) is 21.2. The van der Waals surface area contributed by atoms with Gasteiger partial charge in [0.1, 0.15) is 0 Å². The van der Waals surface area contributed by atoms with E-state index in [1.165, 1.54) is 231 Å². The van der Waals surface area contributed by atoms with Gasteiger partial charge in [-0.1, -0.05) is 259 Å². The molecule has 2 atom stereocenters. The normalized spacial score (nSPS) is 14.2. The average Bonchev–Trinajstić information content (AvgIpc) is 3.31. The molecule has 0 heterocycles. The van der Waals surface area contributed by atoms with E-state index < -0.39 is 17.6 Å². The molecule has 0 aromatic rings. The molecule has 0 aliphatic heterocycles. The van der Waals surface area contributed by atoms with E-state index in [9.17, 15) is 0 Å². The first kappa shape index (κ1) is 68.2. The smallest absolute Gasteiger partial charge is 0.374 e. The van der Waals surface area contributed by atoms with Gasteiger partial charge in [0.05, 0.1) is 11.2 Å². The SMILES string of the molecule is CCCCCCCCCCC(C)(CCCCCCCCC(C)(CCCCCCCCCC)O[Si](CCCCCCCCCC)(OCC)OCC)O[Si](CCCCCCCCCC)(OCC)OCC. The molecule has 0 amide bonds. The van der Waals surface area contributed by atoms with E-state index in [0.717, 1.165) is 50.6 Å². The van der Waals surface area contributed by atoms with Crippen LogP contribution in [0.25, 0.3) is 0 Å². The van der Waals surface area contributed by atoms with Gasteiger partial charge >= 0.3 is 17.6 Å². The maximum Gasteiger partial charge on any atom is 0.501 e. The van der Waals surface area contributed by atoms with Crippen molar-refractivity contribution < 1.29 is 26.6 Å². The molecule has 0 bridgehead atoms. The molecule has 68 heavy (non-hydrogen) atoms. The Morgan fingerprint density at radius 1 is 0.235 bits per heavy atom. The molecule has 0 aromatic carbocycles. The molecule has 0 N–H and O–H groups in total. The summed E-state index contributed by atoms with van der Waals surface area (Å²) in [6, 6.07) is 1.91. The number of hydrogen-bond acceptors (Lipinski definition) is 6. The molecule has 0 aromatic heterocycles. The second-order valence-corrected chi connectivity index (χ2v) is 27.0. The van der Waals surface area contributed by atoms with Crippen LogP contribution in [-0.4, -0.2) is 55.2 Å². The second-order valence-electron chi connectivity index (χ2n) is 21.7. The minimum atomic E-state index is -2.80. The van der Waals surface area contributed by atoms with Crippen molar-refractivity contribution in [2.75, 3.05) is 26.4 Å². The summed E-state index contributed by atoms with van der Waals surface area (Å²) in [5.74, 6) is 0. The lowest BCUT2D eigenvalue weighted by Crippen LogP contribution is -2.52. The summed E-state index contributed by atoms with van der Waals surface area (Å²) in [6.07, 6.45) is 54.4. The van der Waals surface area contributed by atoms with Crippen LogP contribution in [0.5, 0.6) is 0 Å². The van der Waals surface area contributed by atoms with Crippen molar-refractivity contribution >= 4 is 17.6 Å². The van der Waals surface area contributed by atoms with Crippen LogP contribution >= 0.6 is 0 Å². The van der Waals surface area contributed by atoms with Crippen molar-refractivity contribution in [1.82, 2.24) is 0 Å². The third kappa shape index (κ3) is 38.8. The number of hydrogen-bond donors (Lipinski definition) is 0. The molecule has 410 valence electrons. The fraction of sp³-hybridized carbons (Fsp3) is 1.00. The molecule has 0 rings (SSSR count). The van der Waals surface area contributed by atoms with E-state index in [1.807, 2.05) is 0 Å². The van der Waals surface area contributed by atoms with Crippen molar-refractivity contribution in [2.45, 2.75) is 362 Å². The van der Waals surface area contributed by atoms with Crippen LogP contribution in [-0.2, 0) is 26.6 Å². The van der Waals surface area contributed by atoms with Gasteiger partial charge in [-0.3, -0.25) is 0 Å². The Hall–Kier alpha value is 0.194. The van der Waals surface area contributed by atoms with E-state index in [2.05, 4.69) is 69.2 Å². The molecule has 0 spiro atoms. The monoisotopic (exact) mass is 999 g/mol.